The van der Waals surface area contributed by atoms with Gasteiger partial charge in [-0.25, -0.2) is 4.98 Å². The number of imidazole rings is 1. The largest absolute Gasteiger partial charge is 0.323 e. The van der Waals surface area contributed by atoms with Crippen molar-refractivity contribution >= 4 is 34.2 Å². The molecule has 1 aliphatic rings. The van der Waals surface area contributed by atoms with Crippen LogP contribution >= 0.6 is 11.6 Å². The van der Waals surface area contributed by atoms with E-state index in [1.807, 2.05) is 77.7 Å². The van der Waals surface area contributed by atoms with E-state index in [0.29, 0.717) is 19.5 Å². The van der Waals surface area contributed by atoms with Gasteiger partial charge in [-0.3, -0.25) is 4.79 Å². The second-order valence-electron chi connectivity index (χ2n) is 7.38. The third kappa shape index (κ3) is 3.30. The van der Waals surface area contributed by atoms with Crippen LogP contribution in [0.15, 0.2) is 78.9 Å². The number of rotatable bonds is 4. The molecular formula is C24H20ClN3O. The highest BCUT2D eigenvalue weighted by molar-refractivity contribution is 6.31. The van der Waals surface area contributed by atoms with E-state index in [9.17, 15) is 4.79 Å². The first-order valence-corrected chi connectivity index (χ1v) is 10.1. The van der Waals surface area contributed by atoms with E-state index in [-0.39, 0.29) is 11.8 Å². The minimum Gasteiger partial charge on any atom is -0.323 e. The molecule has 29 heavy (non-hydrogen) atoms. The lowest BCUT2D eigenvalue weighted by Crippen LogP contribution is -2.24. The Hall–Kier alpha value is -3.11. The lowest BCUT2D eigenvalue weighted by molar-refractivity contribution is -0.117. The van der Waals surface area contributed by atoms with Crippen molar-refractivity contribution in [2.75, 3.05) is 11.4 Å². The molecular weight excluding hydrogens is 382 g/mol. The van der Waals surface area contributed by atoms with Gasteiger partial charge in [0.1, 0.15) is 5.82 Å². The summed E-state index contributed by atoms with van der Waals surface area (Å²) in [5, 5.41) is 0.740. The Bertz CT molecular complexity index is 1190. The molecule has 4 aromatic rings. The van der Waals surface area contributed by atoms with Crippen molar-refractivity contribution in [1.82, 2.24) is 9.55 Å². The third-order valence-electron chi connectivity index (χ3n) is 5.53. The molecule has 0 bridgehead atoms. The van der Waals surface area contributed by atoms with Crippen molar-refractivity contribution in [2.45, 2.75) is 18.9 Å². The zero-order valence-electron chi connectivity index (χ0n) is 15.8. The lowest BCUT2D eigenvalue weighted by Gasteiger charge is -2.17. The van der Waals surface area contributed by atoms with E-state index in [4.69, 9.17) is 16.6 Å². The van der Waals surface area contributed by atoms with Gasteiger partial charge in [-0.15, -0.1) is 0 Å². The molecule has 0 N–H and O–H groups in total. The number of halogens is 1. The average Bonchev–Trinajstić information content (AvgIpc) is 3.31. The van der Waals surface area contributed by atoms with Gasteiger partial charge in [0.2, 0.25) is 5.91 Å². The fourth-order valence-corrected chi connectivity index (χ4v) is 4.30. The first-order valence-electron chi connectivity index (χ1n) is 9.74. The topological polar surface area (TPSA) is 38.1 Å². The Morgan fingerprint density at radius 3 is 2.48 bits per heavy atom. The van der Waals surface area contributed by atoms with E-state index >= 15 is 0 Å². The standard InChI is InChI=1S/C24H20ClN3O/c25-20-11-5-4-8-17(20)15-28-22-13-7-6-12-21(22)26-24(28)18-14-23(29)27(16-18)19-9-2-1-3-10-19/h1-13,18H,14-16H2. The van der Waals surface area contributed by atoms with Gasteiger partial charge < -0.3 is 9.47 Å². The molecule has 5 rings (SSSR count). The number of anilines is 1. The van der Waals surface area contributed by atoms with Crippen LogP contribution < -0.4 is 4.90 Å². The van der Waals surface area contributed by atoms with Crippen molar-refractivity contribution in [3.63, 3.8) is 0 Å². The summed E-state index contributed by atoms with van der Waals surface area (Å²) in [5.41, 5.74) is 3.99. The first-order chi connectivity index (χ1) is 14.2. The summed E-state index contributed by atoms with van der Waals surface area (Å²) >= 11 is 6.43. The van der Waals surface area contributed by atoms with Gasteiger partial charge >= 0.3 is 0 Å². The van der Waals surface area contributed by atoms with Crippen LogP contribution in [0.5, 0.6) is 0 Å². The zero-order valence-corrected chi connectivity index (χ0v) is 16.6. The number of hydrogen-bond donors (Lipinski definition) is 0. The summed E-state index contributed by atoms with van der Waals surface area (Å²) in [6.07, 6.45) is 0.459. The van der Waals surface area contributed by atoms with Gasteiger partial charge in [-0.2, -0.15) is 0 Å². The van der Waals surface area contributed by atoms with Crippen LogP contribution in [-0.2, 0) is 11.3 Å². The zero-order chi connectivity index (χ0) is 19.8. The Morgan fingerprint density at radius 2 is 1.66 bits per heavy atom. The molecule has 0 spiro atoms. The first kappa shape index (κ1) is 18.0. The van der Waals surface area contributed by atoms with E-state index in [2.05, 4.69) is 10.6 Å². The predicted octanol–water partition coefficient (Wildman–Crippen LogP) is 5.26. The molecule has 4 nitrogen and oxygen atoms in total. The molecule has 1 saturated heterocycles. The van der Waals surface area contributed by atoms with Crippen molar-refractivity contribution in [2.24, 2.45) is 0 Å². The van der Waals surface area contributed by atoms with Gasteiger partial charge in [0.05, 0.1) is 17.6 Å². The van der Waals surface area contributed by atoms with Gasteiger partial charge in [-0.05, 0) is 35.9 Å². The maximum Gasteiger partial charge on any atom is 0.227 e. The van der Waals surface area contributed by atoms with E-state index < -0.39 is 0 Å². The second-order valence-corrected chi connectivity index (χ2v) is 7.78. The second kappa shape index (κ2) is 7.37. The van der Waals surface area contributed by atoms with E-state index in [1.54, 1.807) is 0 Å². The molecule has 3 aromatic carbocycles. The monoisotopic (exact) mass is 401 g/mol. The van der Waals surface area contributed by atoms with Crippen LogP contribution in [-0.4, -0.2) is 22.0 Å². The molecule has 0 radical (unpaired) electrons. The third-order valence-corrected chi connectivity index (χ3v) is 5.90. The van der Waals surface area contributed by atoms with Crippen LogP contribution in [0.3, 0.4) is 0 Å². The average molecular weight is 402 g/mol. The molecule has 1 aliphatic heterocycles. The summed E-state index contributed by atoms with van der Waals surface area (Å²) in [7, 11) is 0. The molecule has 1 aromatic heterocycles. The highest BCUT2D eigenvalue weighted by Crippen LogP contribution is 2.34. The SMILES string of the molecule is O=C1CC(c2nc3ccccc3n2Cc2ccccc2Cl)CN1c1ccccc1. The van der Waals surface area contributed by atoms with Crippen molar-refractivity contribution < 1.29 is 4.79 Å². The van der Waals surface area contributed by atoms with Crippen LogP contribution in [0.25, 0.3) is 11.0 Å². The van der Waals surface area contributed by atoms with Crippen molar-refractivity contribution in [3.8, 4) is 0 Å². The van der Waals surface area contributed by atoms with Gasteiger partial charge in [0.15, 0.2) is 0 Å². The van der Waals surface area contributed by atoms with Gasteiger partial charge in [-0.1, -0.05) is 60.1 Å². The Labute approximate surface area is 174 Å². The van der Waals surface area contributed by atoms with Gasteiger partial charge in [0.25, 0.3) is 0 Å². The quantitative estimate of drug-likeness (QED) is 0.468. The fraction of sp³-hybridized carbons (Fsp3) is 0.167. The van der Waals surface area contributed by atoms with Crippen molar-refractivity contribution in [1.29, 1.82) is 0 Å². The smallest absolute Gasteiger partial charge is 0.227 e. The summed E-state index contributed by atoms with van der Waals surface area (Å²) in [6, 6.07) is 25.8. The number of hydrogen-bond acceptors (Lipinski definition) is 2. The number of carbonyl (C=O) groups is 1. The van der Waals surface area contributed by atoms with E-state index in [1.165, 1.54) is 0 Å². The normalized spacial score (nSPS) is 16.7. The summed E-state index contributed by atoms with van der Waals surface area (Å²) in [4.78, 5) is 19.6. The Balaban J connectivity index is 1.55. The molecule has 1 fully saturated rings. The minimum absolute atomic E-state index is 0.0394. The van der Waals surface area contributed by atoms with Crippen LogP contribution in [0.2, 0.25) is 5.02 Å². The number of nitrogens with zero attached hydrogens (tertiary/aromatic N) is 3. The maximum atomic E-state index is 12.8. The predicted molar refractivity (Wildman–Crippen MR) is 116 cm³/mol. The minimum atomic E-state index is 0.0394. The molecule has 2 heterocycles. The molecule has 1 atom stereocenters. The molecule has 0 aliphatic carbocycles. The van der Waals surface area contributed by atoms with Crippen molar-refractivity contribution in [3.05, 3.63) is 95.3 Å². The molecule has 5 heteroatoms. The number of carbonyl (C=O) groups excluding carboxylic acids is 1. The van der Waals surface area contributed by atoms with Gasteiger partial charge in [0, 0.05) is 29.6 Å². The summed E-state index contributed by atoms with van der Waals surface area (Å²) in [6.45, 7) is 1.26. The number of para-hydroxylation sites is 3. The highest BCUT2D eigenvalue weighted by atomic mass is 35.5. The maximum absolute atomic E-state index is 12.8. The van der Waals surface area contributed by atoms with Crippen LogP contribution in [0.1, 0.15) is 23.7 Å². The summed E-state index contributed by atoms with van der Waals surface area (Å²) in [5.74, 6) is 1.12. The molecule has 144 valence electrons. The summed E-state index contributed by atoms with van der Waals surface area (Å²) < 4.78 is 2.21. The Kier molecular flexibility index (Phi) is 4.57. The molecule has 1 unspecified atom stereocenters. The number of aromatic nitrogens is 2. The highest BCUT2D eigenvalue weighted by Gasteiger charge is 2.34. The lowest BCUT2D eigenvalue weighted by atomic mass is 10.1. The number of benzene rings is 3. The van der Waals surface area contributed by atoms with Crippen LogP contribution in [0.4, 0.5) is 5.69 Å². The van der Waals surface area contributed by atoms with E-state index in [0.717, 1.165) is 33.1 Å². The fourth-order valence-electron chi connectivity index (χ4n) is 4.11. The molecule has 0 saturated carbocycles. The van der Waals surface area contributed by atoms with Crippen LogP contribution in [0, 0.1) is 0 Å². The Morgan fingerprint density at radius 1 is 0.931 bits per heavy atom. The number of fused-ring (bicyclic) bond motifs is 1. The molecule has 1 amide bonds. The number of amides is 1.